The van der Waals surface area contributed by atoms with E-state index >= 15 is 0 Å². The number of rotatable bonds is 2. The molecular weight excluding hydrogens is 336 g/mol. The Balaban J connectivity index is 1.46. The van der Waals surface area contributed by atoms with Crippen molar-refractivity contribution in [2.45, 2.75) is 38.1 Å². The maximum absolute atomic E-state index is 13.1. The molecule has 0 radical (unpaired) electrons. The highest BCUT2D eigenvalue weighted by atomic mass is 32.1. The van der Waals surface area contributed by atoms with Crippen LogP contribution in [0.4, 0.5) is 0 Å². The Morgan fingerprint density at radius 1 is 1.17 bits per heavy atom. The first-order valence-corrected chi connectivity index (χ1v) is 10.2. The van der Waals surface area contributed by atoms with Crippen molar-refractivity contribution in [2.24, 2.45) is 0 Å². The molecule has 1 aliphatic heterocycles. The van der Waals surface area contributed by atoms with Crippen molar-refractivity contribution in [1.82, 2.24) is 9.88 Å². The third kappa shape index (κ3) is 2.30. The minimum atomic E-state index is 0.145. The number of thiophene rings is 1. The molecule has 1 aromatic carbocycles. The molecule has 1 saturated heterocycles. The topological polar surface area (TPSA) is 33.2 Å². The largest absolute Gasteiger partial charge is 0.328 e. The molecule has 0 bridgehead atoms. The first-order valence-electron chi connectivity index (χ1n) is 8.57. The number of amides is 1. The SMILES string of the molecule is O=C(c1cc2c(s1)CCC2)N1CCC[C@H]1c1nc2ccccc2s1. The van der Waals surface area contributed by atoms with E-state index in [0.717, 1.165) is 47.6 Å². The van der Waals surface area contributed by atoms with Gasteiger partial charge in [-0.2, -0.15) is 0 Å². The first kappa shape index (κ1) is 14.6. The summed E-state index contributed by atoms with van der Waals surface area (Å²) in [6.45, 7) is 0.849. The van der Waals surface area contributed by atoms with Crippen LogP contribution in [0.25, 0.3) is 10.2 Å². The lowest BCUT2D eigenvalue weighted by molar-refractivity contribution is 0.0740. The molecule has 1 aliphatic carbocycles. The van der Waals surface area contributed by atoms with Crippen molar-refractivity contribution in [3.8, 4) is 0 Å². The van der Waals surface area contributed by atoms with Gasteiger partial charge in [-0.25, -0.2) is 4.98 Å². The van der Waals surface area contributed by atoms with Gasteiger partial charge in [0.25, 0.3) is 5.91 Å². The molecule has 1 atom stereocenters. The Kier molecular flexibility index (Phi) is 3.45. The van der Waals surface area contributed by atoms with Crippen molar-refractivity contribution < 1.29 is 4.79 Å². The van der Waals surface area contributed by atoms with Gasteiger partial charge in [0.05, 0.1) is 21.1 Å². The smallest absolute Gasteiger partial charge is 0.264 e. The average molecular weight is 354 g/mol. The molecule has 0 unspecified atom stereocenters. The fourth-order valence-corrected chi connectivity index (χ4v) is 6.20. The average Bonchev–Trinajstić information content (AvgIpc) is 3.33. The fourth-order valence-electron chi connectivity index (χ4n) is 3.88. The van der Waals surface area contributed by atoms with Gasteiger partial charge < -0.3 is 4.90 Å². The van der Waals surface area contributed by atoms with E-state index in [2.05, 4.69) is 29.2 Å². The number of para-hydroxylation sites is 1. The van der Waals surface area contributed by atoms with Crippen LogP contribution in [0.2, 0.25) is 0 Å². The summed E-state index contributed by atoms with van der Waals surface area (Å²) >= 11 is 3.44. The molecule has 5 rings (SSSR count). The second-order valence-corrected chi connectivity index (χ2v) is 8.79. The lowest BCUT2D eigenvalue weighted by atomic mass is 10.2. The molecule has 5 heteroatoms. The lowest BCUT2D eigenvalue weighted by Gasteiger charge is -2.22. The Labute approximate surface area is 148 Å². The van der Waals surface area contributed by atoms with Gasteiger partial charge in [-0.15, -0.1) is 22.7 Å². The van der Waals surface area contributed by atoms with Crippen molar-refractivity contribution >= 4 is 38.8 Å². The normalized spacial score (nSPS) is 20.0. The number of aromatic nitrogens is 1. The number of fused-ring (bicyclic) bond motifs is 2. The van der Waals surface area contributed by atoms with Gasteiger partial charge in [0.1, 0.15) is 5.01 Å². The predicted octanol–water partition coefficient (Wildman–Crippen LogP) is 4.82. The molecule has 24 heavy (non-hydrogen) atoms. The molecule has 3 nitrogen and oxygen atoms in total. The molecular formula is C19H18N2OS2. The van der Waals surface area contributed by atoms with Crippen LogP contribution in [0.15, 0.2) is 30.3 Å². The highest BCUT2D eigenvalue weighted by Crippen LogP contribution is 2.39. The van der Waals surface area contributed by atoms with Crippen LogP contribution in [-0.4, -0.2) is 22.3 Å². The summed E-state index contributed by atoms with van der Waals surface area (Å²) in [4.78, 5) is 22.3. The molecule has 3 aromatic rings. The van der Waals surface area contributed by atoms with E-state index in [1.807, 2.05) is 6.07 Å². The third-order valence-corrected chi connectivity index (χ3v) is 7.43. The Hall–Kier alpha value is -1.72. The second kappa shape index (κ2) is 5.67. The van der Waals surface area contributed by atoms with Crippen LogP contribution in [0.5, 0.6) is 0 Å². The molecule has 0 N–H and O–H groups in total. The number of likely N-dealkylation sites (tertiary alicyclic amines) is 1. The van der Waals surface area contributed by atoms with Crippen LogP contribution < -0.4 is 0 Å². The van der Waals surface area contributed by atoms with E-state index in [0.29, 0.717) is 0 Å². The third-order valence-electron chi connectivity index (χ3n) is 5.07. The monoisotopic (exact) mass is 354 g/mol. The summed E-state index contributed by atoms with van der Waals surface area (Å²) in [6.07, 6.45) is 5.62. The first-order chi connectivity index (χ1) is 11.8. The molecule has 1 amide bonds. The van der Waals surface area contributed by atoms with Gasteiger partial charge in [0.2, 0.25) is 0 Å². The molecule has 2 aliphatic rings. The zero-order valence-electron chi connectivity index (χ0n) is 13.3. The number of carbonyl (C=O) groups excluding carboxylic acids is 1. The van der Waals surface area contributed by atoms with E-state index in [9.17, 15) is 4.79 Å². The predicted molar refractivity (Wildman–Crippen MR) is 99.0 cm³/mol. The number of hydrogen-bond donors (Lipinski definition) is 0. The maximum Gasteiger partial charge on any atom is 0.264 e. The molecule has 0 saturated carbocycles. The summed E-state index contributed by atoms with van der Waals surface area (Å²) in [5, 5.41) is 1.09. The molecule has 122 valence electrons. The Morgan fingerprint density at radius 2 is 2.08 bits per heavy atom. The van der Waals surface area contributed by atoms with Gasteiger partial charge in [0.15, 0.2) is 0 Å². The van der Waals surface area contributed by atoms with Crippen molar-refractivity contribution in [1.29, 1.82) is 0 Å². The number of nitrogens with zero attached hydrogens (tertiary/aromatic N) is 2. The fraction of sp³-hybridized carbons (Fsp3) is 0.368. The number of benzene rings is 1. The maximum atomic E-state index is 13.1. The van der Waals surface area contributed by atoms with Crippen molar-refractivity contribution in [3.63, 3.8) is 0 Å². The number of carbonyl (C=O) groups is 1. The van der Waals surface area contributed by atoms with Crippen molar-refractivity contribution in [3.05, 3.63) is 50.7 Å². The standard InChI is InChI=1S/C19H18N2OS2/c22-19(17-11-12-5-3-9-15(12)23-17)21-10-4-7-14(21)18-20-13-6-1-2-8-16(13)24-18/h1-2,6,8,11,14H,3-5,7,9-10H2/t14-/m0/s1. The molecule has 1 fully saturated rings. The Bertz CT molecular complexity index is 872. The number of thiazole rings is 1. The van der Waals surface area contributed by atoms with Crippen molar-refractivity contribution in [2.75, 3.05) is 6.54 Å². The lowest BCUT2D eigenvalue weighted by Crippen LogP contribution is -2.29. The molecule has 0 spiro atoms. The number of aryl methyl sites for hydroxylation is 2. The van der Waals surface area contributed by atoms with E-state index in [4.69, 9.17) is 4.98 Å². The Morgan fingerprint density at radius 3 is 2.96 bits per heavy atom. The van der Waals surface area contributed by atoms with Crippen LogP contribution >= 0.6 is 22.7 Å². The second-order valence-electron chi connectivity index (χ2n) is 6.59. The summed E-state index contributed by atoms with van der Waals surface area (Å²) in [5.74, 6) is 0.205. The van der Waals surface area contributed by atoms with E-state index in [1.165, 1.54) is 21.6 Å². The quantitative estimate of drug-likeness (QED) is 0.661. The van der Waals surface area contributed by atoms with Crippen LogP contribution in [-0.2, 0) is 12.8 Å². The summed E-state index contributed by atoms with van der Waals surface area (Å²) in [5.41, 5.74) is 2.45. The zero-order chi connectivity index (χ0) is 16.1. The summed E-state index contributed by atoms with van der Waals surface area (Å²) in [7, 11) is 0. The minimum absolute atomic E-state index is 0.145. The summed E-state index contributed by atoms with van der Waals surface area (Å²) in [6, 6.07) is 10.5. The molecule has 2 aromatic heterocycles. The van der Waals surface area contributed by atoms with Gasteiger partial charge in [-0.05, 0) is 55.9 Å². The van der Waals surface area contributed by atoms with Crippen LogP contribution in [0.1, 0.15) is 50.4 Å². The summed E-state index contributed by atoms with van der Waals surface area (Å²) < 4.78 is 1.21. The van der Waals surface area contributed by atoms with Gasteiger partial charge >= 0.3 is 0 Å². The van der Waals surface area contributed by atoms with Gasteiger partial charge in [-0.3, -0.25) is 4.79 Å². The molecule has 3 heterocycles. The highest BCUT2D eigenvalue weighted by Gasteiger charge is 2.34. The minimum Gasteiger partial charge on any atom is -0.328 e. The van der Waals surface area contributed by atoms with Crippen LogP contribution in [0, 0.1) is 0 Å². The highest BCUT2D eigenvalue weighted by molar-refractivity contribution is 7.18. The van der Waals surface area contributed by atoms with Gasteiger partial charge in [0, 0.05) is 11.4 Å². The van der Waals surface area contributed by atoms with E-state index in [-0.39, 0.29) is 11.9 Å². The van der Waals surface area contributed by atoms with E-state index < -0.39 is 0 Å². The van der Waals surface area contributed by atoms with E-state index in [1.54, 1.807) is 22.7 Å². The number of hydrogen-bond acceptors (Lipinski definition) is 4. The zero-order valence-corrected chi connectivity index (χ0v) is 15.0. The van der Waals surface area contributed by atoms with Gasteiger partial charge in [-0.1, -0.05) is 12.1 Å². The van der Waals surface area contributed by atoms with Crippen LogP contribution in [0.3, 0.4) is 0 Å².